The number of hydrogen-bond donors (Lipinski definition) is 2. The second kappa shape index (κ2) is 6.98. The molecule has 1 aromatic heterocycles. The molecule has 0 aliphatic carbocycles. The van der Waals surface area contributed by atoms with E-state index in [0.717, 1.165) is 17.1 Å². The molecule has 0 saturated heterocycles. The van der Waals surface area contributed by atoms with Gasteiger partial charge in [0.25, 0.3) is 0 Å². The van der Waals surface area contributed by atoms with Gasteiger partial charge in [0.15, 0.2) is 0 Å². The van der Waals surface area contributed by atoms with Crippen molar-refractivity contribution in [3.8, 4) is 5.75 Å². The van der Waals surface area contributed by atoms with Crippen molar-refractivity contribution in [2.75, 3.05) is 17.7 Å². The van der Waals surface area contributed by atoms with E-state index in [1.807, 2.05) is 54.6 Å². The van der Waals surface area contributed by atoms with Gasteiger partial charge in [0, 0.05) is 22.5 Å². The van der Waals surface area contributed by atoms with E-state index in [1.165, 1.54) is 6.33 Å². The third-order valence-corrected chi connectivity index (χ3v) is 3.40. The fourth-order valence-corrected chi connectivity index (χ4v) is 2.12. The van der Waals surface area contributed by atoms with Gasteiger partial charge in [-0.15, -0.1) is 0 Å². The molecule has 0 aliphatic heterocycles. The van der Waals surface area contributed by atoms with Crippen LogP contribution in [0.25, 0.3) is 0 Å². The molecule has 0 saturated carbocycles. The molecule has 0 fully saturated rings. The van der Waals surface area contributed by atoms with E-state index in [4.69, 9.17) is 16.3 Å². The van der Waals surface area contributed by atoms with E-state index in [0.29, 0.717) is 16.7 Å². The van der Waals surface area contributed by atoms with Crippen LogP contribution in [0, 0.1) is 0 Å². The summed E-state index contributed by atoms with van der Waals surface area (Å²) in [6.07, 6.45) is 1.50. The molecular weight excluding hydrogens is 312 g/mol. The Hall–Kier alpha value is -2.79. The lowest BCUT2D eigenvalue weighted by Gasteiger charge is -2.09. The van der Waals surface area contributed by atoms with E-state index in [2.05, 4.69) is 20.6 Å². The van der Waals surface area contributed by atoms with Gasteiger partial charge in [-0.05, 0) is 48.5 Å². The van der Waals surface area contributed by atoms with E-state index in [-0.39, 0.29) is 0 Å². The van der Waals surface area contributed by atoms with Crippen molar-refractivity contribution in [2.45, 2.75) is 0 Å². The number of nitrogens with zero attached hydrogens (tertiary/aromatic N) is 2. The predicted molar refractivity (Wildman–Crippen MR) is 93.0 cm³/mol. The van der Waals surface area contributed by atoms with Crippen molar-refractivity contribution in [2.24, 2.45) is 0 Å². The van der Waals surface area contributed by atoms with Gasteiger partial charge in [0.1, 0.15) is 23.7 Å². The van der Waals surface area contributed by atoms with Crippen molar-refractivity contribution >= 4 is 34.6 Å². The van der Waals surface area contributed by atoms with Crippen molar-refractivity contribution in [3.63, 3.8) is 0 Å². The lowest BCUT2D eigenvalue weighted by Crippen LogP contribution is -1.98. The van der Waals surface area contributed by atoms with Crippen LogP contribution in [-0.4, -0.2) is 17.1 Å². The lowest BCUT2D eigenvalue weighted by molar-refractivity contribution is 0.415. The molecule has 2 N–H and O–H groups in total. The van der Waals surface area contributed by atoms with Crippen LogP contribution in [0.2, 0.25) is 5.02 Å². The second-order valence-electron chi connectivity index (χ2n) is 4.77. The van der Waals surface area contributed by atoms with E-state index >= 15 is 0 Å². The fourth-order valence-electron chi connectivity index (χ4n) is 2.00. The SMILES string of the molecule is COc1ccc(Nc2cc(Nc3ccc(Cl)cc3)ncn2)cc1. The van der Waals surface area contributed by atoms with Gasteiger partial charge < -0.3 is 15.4 Å². The quantitative estimate of drug-likeness (QED) is 0.716. The predicted octanol–water partition coefficient (Wildman–Crippen LogP) is 4.63. The van der Waals surface area contributed by atoms with Crippen molar-refractivity contribution in [1.82, 2.24) is 9.97 Å². The summed E-state index contributed by atoms with van der Waals surface area (Å²) in [4.78, 5) is 8.43. The van der Waals surface area contributed by atoms with E-state index in [1.54, 1.807) is 7.11 Å². The van der Waals surface area contributed by atoms with Crippen LogP contribution in [0.1, 0.15) is 0 Å². The molecule has 0 spiro atoms. The highest BCUT2D eigenvalue weighted by atomic mass is 35.5. The van der Waals surface area contributed by atoms with Crippen molar-refractivity contribution in [3.05, 3.63) is 65.9 Å². The van der Waals surface area contributed by atoms with Gasteiger partial charge in [0.05, 0.1) is 7.11 Å². The molecule has 2 aromatic carbocycles. The number of aromatic nitrogens is 2. The summed E-state index contributed by atoms with van der Waals surface area (Å²) in [5.41, 5.74) is 1.82. The third kappa shape index (κ3) is 4.11. The number of hydrogen-bond acceptors (Lipinski definition) is 5. The molecule has 3 aromatic rings. The average Bonchev–Trinajstić information content (AvgIpc) is 2.58. The molecule has 0 unspecified atom stereocenters. The summed E-state index contributed by atoms with van der Waals surface area (Å²) >= 11 is 5.88. The number of nitrogens with one attached hydrogen (secondary N) is 2. The molecule has 1 heterocycles. The minimum absolute atomic E-state index is 0.693. The monoisotopic (exact) mass is 326 g/mol. The Labute approximate surface area is 139 Å². The summed E-state index contributed by atoms with van der Waals surface area (Å²) in [6.45, 7) is 0. The van der Waals surface area contributed by atoms with E-state index < -0.39 is 0 Å². The summed E-state index contributed by atoms with van der Waals surface area (Å²) in [7, 11) is 1.64. The molecule has 116 valence electrons. The Morgan fingerprint density at radius 2 is 1.35 bits per heavy atom. The molecule has 0 bridgehead atoms. The van der Waals surface area contributed by atoms with Gasteiger partial charge in [-0.2, -0.15) is 0 Å². The van der Waals surface area contributed by atoms with Crippen LogP contribution in [-0.2, 0) is 0 Å². The Balaban J connectivity index is 1.72. The summed E-state index contributed by atoms with van der Waals surface area (Å²) in [5, 5.41) is 7.12. The Morgan fingerprint density at radius 3 is 1.87 bits per heavy atom. The third-order valence-electron chi connectivity index (χ3n) is 3.15. The highest BCUT2D eigenvalue weighted by Gasteiger charge is 2.01. The number of methoxy groups -OCH3 is 1. The topological polar surface area (TPSA) is 59.1 Å². The highest BCUT2D eigenvalue weighted by molar-refractivity contribution is 6.30. The lowest BCUT2D eigenvalue weighted by atomic mass is 10.3. The maximum absolute atomic E-state index is 5.88. The normalized spacial score (nSPS) is 10.2. The van der Waals surface area contributed by atoms with Gasteiger partial charge in [0.2, 0.25) is 0 Å². The standard InChI is InChI=1S/C17H15ClN4O/c1-23-15-8-6-14(7-9-15)22-17-10-16(19-11-20-17)21-13-4-2-12(18)3-5-13/h2-11H,1H3,(H2,19,20,21,22). The van der Waals surface area contributed by atoms with Gasteiger partial charge in [-0.1, -0.05) is 11.6 Å². The van der Waals surface area contributed by atoms with Gasteiger partial charge in [-0.25, -0.2) is 9.97 Å². The van der Waals surface area contributed by atoms with Gasteiger partial charge in [-0.3, -0.25) is 0 Å². The summed E-state index contributed by atoms with van der Waals surface area (Å²) < 4.78 is 5.14. The minimum atomic E-state index is 0.693. The van der Waals surface area contributed by atoms with Crippen molar-refractivity contribution in [1.29, 1.82) is 0 Å². The molecule has 3 rings (SSSR count). The molecule has 23 heavy (non-hydrogen) atoms. The van der Waals surface area contributed by atoms with Crippen LogP contribution in [0.5, 0.6) is 5.75 Å². The fraction of sp³-hybridized carbons (Fsp3) is 0.0588. The average molecular weight is 327 g/mol. The molecule has 5 nitrogen and oxygen atoms in total. The maximum Gasteiger partial charge on any atom is 0.135 e. The molecule has 0 radical (unpaired) electrons. The van der Waals surface area contributed by atoms with Gasteiger partial charge >= 0.3 is 0 Å². The number of anilines is 4. The van der Waals surface area contributed by atoms with E-state index in [9.17, 15) is 0 Å². The molecule has 0 amide bonds. The number of ether oxygens (including phenoxy) is 1. The Morgan fingerprint density at radius 1 is 0.826 bits per heavy atom. The van der Waals surface area contributed by atoms with Crippen LogP contribution in [0.4, 0.5) is 23.0 Å². The zero-order valence-corrected chi connectivity index (χ0v) is 13.2. The Kier molecular flexibility index (Phi) is 4.59. The number of rotatable bonds is 5. The first-order valence-electron chi connectivity index (χ1n) is 6.99. The zero-order valence-electron chi connectivity index (χ0n) is 12.5. The second-order valence-corrected chi connectivity index (χ2v) is 5.21. The number of halogens is 1. The van der Waals surface area contributed by atoms with Crippen LogP contribution >= 0.6 is 11.6 Å². The first kappa shape index (κ1) is 15.1. The van der Waals surface area contributed by atoms with Crippen molar-refractivity contribution < 1.29 is 4.74 Å². The maximum atomic E-state index is 5.88. The molecule has 0 aliphatic rings. The summed E-state index contributed by atoms with van der Waals surface area (Å²) in [6, 6.07) is 16.9. The molecule has 6 heteroatoms. The first-order chi connectivity index (χ1) is 11.2. The first-order valence-corrected chi connectivity index (χ1v) is 7.36. The molecular formula is C17H15ClN4O. The largest absolute Gasteiger partial charge is 0.497 e. The highest BCUT2D eigenvalue weighted by Crippen LogP contribution is 2.22. The smallest absolute Gasteiger partial charge is 0.135 e. The number of benzene rings is 2. The Bertz CT molecular complexity index is 775. The molecule has 0 atom stereocenters. The summed E-state index contributed by atoms with van der Waals surface area (Å²) in [5.74, 6) is 2.20. The minimum Gasteiger partial charge on any atom is -0.497 e. The van der Waals surface area contributed by atoms with Crippen LogP contribution in [0.15, 0.2) is 60.9 Å². The van der Waals surface area contributed by atoms with Crippen LogP contribution < -0.4 is 15.4 Å². The van der Waals surface area contributed by atoms with Crippen LogP contribution in [0.3, 0.4) is 0 Å². The zero-order chi connectivity index (χ0) is 16.1.